The molecule has 0 aliphatic heterocycles. The van der Waals surface area contributed by atoms with Crippen molar-refractivity contribution in [2.24, 2.45) is 0 Å². The summed E-state index contributed by atoms with van der Waals surface area (Å²) in [5.74, 6) is -6.03. The molecule has 2 atom stereocenters. The normalized spacial score (nSPS) is 20.3. The summed E-state index contributed by atoms with van der Waals surface area (Å²) in [5, 5.41) is -5.07. The van der Waals surface area contributed by atoms with Gasteiger partial charge in [-0.05, 0) is 13.3 Å². The van der Waals surface area contributed by atoms with Gasteiger partial charge in [-0.3, -0.25) is 4.55 Å². The van der Waals surface area contributed by atoms with E-state index in [1.807, 2.05) is 0 Å². The number of unbranched alkanes of at least 4 members (excludes halogenated alkanes) is 1. The Morgan fingerprint density at radius 2 is 1.40 bits per heavy atom. The van der Waals surface area contributed by atoms with Gasteiger partial charge >= 0.3 is 27.2 Å². The van der Waals surface area contributed by atoms with Gasteiger partial charge in [0, 0.05) is 6.42 Å². The van der Waals surface area contributed by atoms with Gasteiger partial charge in [0.15, 0.2) is 0 Å². The second kappa shape index (κ2) is 5.32. The average Bonchev–Trinajstić information content (AvgIpc) is 2.21. The minimum atomic E-state index is -6.29. The van der Waals surface area contributed by atoms with Crippen molar-refractivity contribution in [1.82, 2.24) is 0 Å². The molecule has 122 valence electrons. The Balaban J connectivity index is 6.06. The summed E-state index contributed by atoms with van der Waals surface area (Å²) in [5.41, 5.74) is -5.47. The van der Waals surface area contributed by atoms with Crippen molar-refractivity contribution in [3.63, 3.8) is 0 Å². The molecule has 0 aliphatic rings. The maximum atomic E-state index is 14.0. The summed E-state index contributed by atoms with van der Waals surface area (Å²) in [6.07, 6.45) is -8.57. The summed E-state index contributed by atoms with van der Waals surface area (Å²) in [6.45, 7) is 0.624. The first-order chi connectivity index (χ1) is 8.56. The largest absolute Gasteiger partial charge is 0.428 e. The average molecular weight is 334 g/mol. The Morgan fingerprint density at radius 1 is 1.00 bits per heavy atom. The first-order valence-electron chi connectivity index (χ1n) is 5.35. The highest BCUT2D eigenvalue weighted by atomic mass is 32.2. The van der Waals surface area contributed by atoms with Gasteiger partial charge in [-0.1, -0.05) is 13.3 Å². The van der Waals surface area contributed by atoms with Crippen molar-refractivity contribution in [2.45, 2.75) is 55.9 Å². The third-order valence-electron chi connectivity index (χ3n) is 2.85. The van der Waals surface area contributed by atoms with E-state index in [4.69, 9.17) is 4.55 Å². The Bertz CT molecular complexity index is 443. The molecule has 0 aromatic rings. The summed E-state index contributed by atoms with van der Waals surface area (Å²) in [7, 11) is -6.29. The Morgan fingerprint density at radius 3 is 1.65 bits per heavy atom. The van der Waals surface area contributed by atoms with E-state index in [0.717, 1.165) is 0 Å². The van der Waals surface area contributed by atoms with Crippen LogP contribution < -0.4 is 0 Å². The number of hydrogen-bond acceptors (Lipinski definition) is 2. The molecule has 0 radical (unpaired) electrons. The molecule has 0 amide bonds. The molecule has 0 aliphatic carbocycles. The van der Waals surface area contributed by atoms with Crippen LogP contribution in [0.25, 0.3) is 0 Å². The summed E-state index contributed by atoms with van der Waals surface area (Å²) >= 11 is 0. The highest BCUT2D eigenvalue weighted by Crippen LogP contribution is 2.54. The van der Waals surface area contributed by atoms with Crippen LogP contribution >= 0.6 is 0 Å². The molecular weight excluding hydrogens is 321 g/mol. The quantitative estimate of drug-likeness (QED) is 0.596. The monoisotopic (exact) mass is 334 g/mol. The maximum absolute atomic E-state index is 14.0. The smallest absolute Gasteiger partial charge is 0.283 e. The molecule has 2 unspecified atom stereocenters. The lowest BCUT2D eigenvalue weighted by Gasteiger charge is -2.39. The van der Waals surface area contributed by atoms with Gasteiger partial charge in [0.25, 0.3) is 5.67 Å². The fourth-order valence-corrected chi connectivity index (χ4v) is 2.30. The van der Waals surface area contributed by atoms with Crippen LogP contribution in [0.15, 0.2) is 0 Å². The van der Waals surface area contributed by atoms with Crippen LogP contribution in [0, 0.1) is 0 Å². The van der Waals surface area contributed by atoms with Gasteiger partial charge in [-0.15, -0.1) is 0 Å². The van der Waals surface area contributed by atoms with Crippen LogP contribution in [-0.2, 0) is 10.1 Å². The molecule has 0 aromatic carbocycles. The molecule has 0 aromatic heterocycles. The van der Waals surface area contributed by atoms with Gasteiger partial charge in [0.2, 0.25) is 0 Å². The van der Waals surface area contributed by atoms with Crippen molar-refractivity contribution in [3.8, 4) is 0 Å². The van der Waals surface area contributed by atoms with E-state index < -0.39 is 52.7 Å². The van der Waals surface area contributed by atoms with Crippen LogP contribution in [0.3, 0.4) is 0 Å². The standard InChI is InChI=1S/C9H13F7O3S/c1-3-4-5-7(11,20(17,18)19)8(12,13)6(2,10)9(14,15)16/h3-5H2,1-2H3,(H,17,18,19). The summed E-state index contributed by atoms with van der Waals surface area (Å²) in [6, 6.07) is 0. The third kappa shape index (κ3) is 2.87. The van der Waals surface area contributed by atoms with Gasteiger partial charge in [-0.2, -0.15) is 30.4 Å². The van der Waals surface area contributed by atoms with Crippen LogP contribution in [0.2, 0.25) is 0 Å². The molecule has 3 nitrogen and oxygen atoms in total. The zero-order valence-corrected chi connectivity index (χ0v) is 11.3. The van der Waals surface area contributed by atoms with Crippen molar-refractivity contribution >= 4 is 10.1 Å². The van der Waals surface area contributed by atoms with Crippen LogP contribution in [0.4, 0.5) is 30.7 Å². The zero-order valence-electron chi connectivity index (χ0n) is 10.4. The summed E-state index contributed by atoms with van der Waals surface area (Å²) < 4.78 is 121. The fraction of sp³-hybridized carbons (Fsp3) is 1.00. The molecule has 0 rings (SSSR count). The minimum Gasteiger partial charge on any atom is -0.283 e. The van der Waals surface area contributed by atoms with Crippen LogP contribution in [0.1, 0.15) is 33.1 Å². The molecule has 0 spiro atoms. The molecular formula is C9H13F7O3S. The molecule has 0 saturated heterocycles. The predicted molar refractivity (Wildman–Crippen MR) is 55.4 cm³/mol. The van der Waals surface area contributed by atoms with Gasteiger partial charge in [-0.25, -0.2) is 8.78 Å². The number of alkyl halides is 7. The van der Waals surface area contributed by atoms with Crippen LogP contribution in [0.5, 0.6) is 0 Å². The van der Waals surface area contributed by atoms with E-state index in [0.29, 0.717) is 0 Å². The van der Waals surface area contributed by atoms with Crippen molar-refractivity contribution in [3.05, 3.63) is 0 Å². The predicted octanol–water partition coefficient (Wildman–Crippen LogP) is 3.66. The fourth-order valence-electron chi connectivity index (χ4n) is 1.38. The number of hydrogen-bond donors (Lipinski definition) is 1. The highest BCUT2D eigenvalue weighted by Gasteiger charge is 2.79. The van der Waals surface area contributed by atoms with E-state index in [1.54, 1.807) is 0 Å². The van der Waals surface area contributed by atoms with Gasteiger partial charge in [0.1, 0.15) is 0 Å². The molecule has 0 fully saturated rings. The van der Waals surface area contributed by atoms with Crippen molar-refractivity contribution in [1.29, 1.82) is 0 Å². The maximum Gasteiger partial charge on any atom is 0.428 e. The lowest BCUT2D eigenvalue weighted by atomic mass is 9.92. The molecule has 11 heteroatoms. The minimum absolute atomic E-state index is 0.0632. The van der Waals surface area contributed by atoms with E-state index in [1.165, 1.54) is 6.92 Å². The molecule has 0 saturated carbocycles. The number of halogens is 7. The summed E-state index contributed by atoms with van der Waals surface area (Å²) in [4.78, 5) is 0. The first kappa shape index (κ1) is 19.4. The molecule has 1 N–H and O–H groups in total. The molecule has 20 heavy (non-hydrogen) atoms. The first-order valence-corrected chi connectivity index (χ1v) is 6.79. The Kier molecular flexibility index (Phi) is 5.16. The van der Waals surface area contributed by atoms with Crippen molar-refractivity contribution in [2.75, 3.05) is 0 Å². The van der Waals surface area contributed by atoms with E-state index in [-0.39, 0.29) is 6.42 Å². The SMILES string of the molecule is CCCCC(F)(C(F)(F)C(C)(F)C(F)(F)F)S(=O)(=O)O. The molecule has 0 bridgehead atoms. The highest BCUT2D eigenvalue weighted by molar-refractivity contribution is 7.87. The van der Waals surface area contributed by atoms with E-state index in [9.17, 15) is 39.2 Å². The van der Waals surface area contributed by atoms with Gasteiger partial charge < -0.3 is 0 Å². The van der Waals surface area contributed by atoms with Crippen molar-refractivity contribution < 1.29 is 43.7 Å². The Labute approximate surface area is 110 Å². The number of rotatable bonds is 6. The second-order valence-electron chi connectivity index (χ2n) is 4.38. The topological polar surface area (TPSA) is 54.4 Å². The zero-order chi connectivity index (χ0) is 16.6. The van der Waals surface area contributed by atoms with Gasteiger partial charge in [0.05, 0.1) is 0 Å². The Hall–Kier alpha value is -0.580. The van der Waals surface area contributed by atoms with Crippen LogP contribution in [-0.4, -0.2) is 35.7 Å². The molecule has 0 heterocycles. The lowest BCUT2D eigenvalue weighted by Crippen LogP contribution is -2.65. The lowest BCUT2D eigenvalue weighted by molar-refractivity contribution is -0.315. The third-order valence-corrected chi connectivity index (χ3v) is 4.13. The second-order valence-corrected chi connectivity index (χ2v) is 5.98. The van der Waals surface area contributed by atoms with E-state index >= 15 is 0 Å². The van der Waals surface area contributed by atoms with E-state index in [2.05, 4.69) is 0 Å².